The van der Waals surface area contributed by atoms with E-state index in [4.69, 9.17) is 5.73 Å². The van der Waals surface area contributed by atoms with Crippen LogP contribution in [0, 0.1) is 12.8 Å². The monoisotopic (exact) mass is 246 g/mol. The molecule has 18 heavy (non-hydrogen) atoms. The molecule has 0 aliphatic heterocycles. The lowest BCUT2D eigenvalue weighted by Gasteiger charge is -2.32. The standard InChI is InChI=1S/C16H26N2/c1-13-8-6-7-11-16(13)18(2)12-15(17)14-9-4-3-5-10-14/h6-8,11,14-15H,3-5,9-10,12,17H2,1-2H3. The molecule has 0 amide bonds. The van der Waals surface area contributed by atoms with Crippen LogP contribution in [0.15, 0.2) is 24.3 Å². The predicted molar refractivity (Wildman–Crippen MR) is 79.0 cm³/mol. The van der Waals surface area contributed by atoms with Crippen LogP contribution in [0.1, 0.15) is 37.7 Å². The van der Waals surface area contributed by atoms with E-state index in [9.17, 15) is 0 Å². The zero-order valence-electron chi connectivity index (χ0n) is 11.7. The van der Waals surface area contributed by atoms with Crippen LogP contribution < -0.4 is 10.6 Å². The van der Waals surface area contributed by atoms with Gasteiger partial charge in [0.05, 0.1) is 0 Å². The highest BCUT2D eigenvalue weighted by Crippen LogP contribution is 2.27. The van der Waals surface area contributed by atoms with Crippen LogP contribution in [0.4, 0.5) is 5.69 Å². The first-order chi connectivity index (χ1) is 8.68. The second kappa shape index (κ2) is 6.24. The van der Waals surface area contributed by atoms with Gasteiger partial charge in [-0.2, -0.15) is 0 Å². The third-order valence-corrected chi connectivity index (χ3v) is 4.27. The summed E-state index contributed by atoms with van der Waals surface area (Å²) in [6.07, 6.45) is 6.78. The summed E-state index contributed by atoms with van der Waals surface area (Å²) >= 11 is 0. The molecular weight excluding hydrogens is 220 g/mol. The van der Waals surface area contributed by atoms with E-state index in [1.165, 1.54) is 43.4 Å². The summed E-state index contributed by atoms with van der Waals surface area (Å²) in [6, 6.07) is 8.86. The lowest BCUT2D eigenvalue weighted by atomic mass is 9.84. The molecule has 2 heteroatoms. The Morgan fingerprint density at radius 2 is 1.89 bits per heavy atom. The molecule has 1 fully saturated rings. The average Bonchev–Trinajstić information content (AvgIpc) is 2.40. The molecule has 1 aromatic carbocycles. The van der Waals surface area contributed by atoms with Gasteiger partial charge in [0.15, 0.2) is 0 Å². The van der Waals surface area contributed by atoms with Gasteiger partial charge in [-0.25, -0.2) is 0 Å². The van der Waals surface area contributed by atoms with Gasteiger partial charge in [0.2, 0.25) is 0 Å². The van der Waals surface area contributed by atoms with E-state index in [1.807, 2.05) is 0 Å². The summed E-state index contributed by atoms with van der Waals surface area (Å²) in [5.41, 5.74) is 9.03. The quantitative estimate of drug-likeness (QED) is 0.883. The van der Waals surface area contributed by atoms with Crippen LogP contribution in [-0.2, 0) is 0 Å². The van der Waals surface area contributed by atoms with Crippen molar-refractivity contribution < 1.29 is 0 Å². The number of hydrogen-bond donors (Lipinski definition) is 1. The van der Waals surface area contributed by atoms with Crippen molar-refractivity contribution in [1.82, 2.24) is 0 Å². The van der Waals surface area contributed by atoms with Crippen molar-refractivity contribution in [3.05, 3.63) is 29.8 Å². The van der Waals surface area contributed by atoms with E-state index in [2.05, 4.69) is 43.1 Å². The van der Waals surface area contributed by atoms with Crippen molar-refractivity contribution in [2.75, 3.05) is 18.5 Å². The molecule has 2 N–H and O–H groups in total. The van der Waals surface area contributed by atoms with Crippen LogP contribution in [-0.4, -0.2) is 19.6 Å². The molecule has 1 unspecified atom stereocenters. The lowest BCUT2D eigenvalue weighted by molar-refractivity contribution is 0.306. The van der Waals surface area contributed by atoms with Crippen LogP contribution >= 0.6 is 0 Å². The van der Waals surface area contributed by atoms with E-state index in [1.54, 1.807) is 0 Å². The Balaban J connectivity index is 1.94. The molecule has 0 heterocycles. The van der Waals surface area contributed by atoms with Gasteiger partial charge in [0.1, 0.15) is 0 Å². The maximum absolute atomic E-state index is 6.40. The molecule has 0 radical (unpaired) electrons. The van der Waals surface area contributed by atoms with E-state index < -0.39 is 0 Å². The smallest absolute Gasteiger partial charge is 0.0393 e. The number of rotatable bonds is 4. The number of likely N-dealkylation sites (N-methyl/N-ethyl adjacent to an activating group) is 1. The second-order valence-corrected chi connectivity index (χ2v) is 5.73. The molecule has 0 saturated heterocycles. The number of nitrogens with zero attached hydrogens (tertiary/aromatic N) is 1. The first kappa shape index (κ1) is 13.4. The zero-order chi connectivity index (χ0) is 13.0. The van der Waals surface area contributed by atoms with E-state index in [0.29, 0.717) is 6.04 Å². The summed E-state index contributed by atoms with van der Waals surface area (Å²) in [4.78, 5) is 2.31. The van der Waals surface area contributed by atoms with Gasteiger partial charge >= 0.3 is 0 Å². The third kappa shape index (κ3) is 3.26. The number of hydrogen-bond acceptors (Lipinski definition) is 2. The molecule has 0 aromatic heterocycles. The number of benzene rings is 1. The normalized spacial score (nSPS) is 18.6. The predicted octanol–water partition coefficient (Wildman–Crippen LogP) is 3.34. The van der Waals surface area contributed by atoms with Crippen molar-refractivity contribution in [2.24, 2.45) is 11.7 Å². The molecule has 1 aliphatic rings. The van der Waals surface area contributed by atoms with Gasteiger partial charge < -0.3 is 10.6 Å². The largest absolute Gasteiger partial charge is 0.373 e. The number of anilines is 1. The van der Waals surface area contributed by atoms with Crippen molar-refractivity contribution in [1.29, 1.82) is 0 Å². The molecule has 1 atom stereocenters. The Morgan fingerprint density at radius 3 is 2.56 bits per heavy atom. The molecule has 1 saturated carbocycles. The molecule has 2 rings (SSSR count). The van der Waals surface area contributed by atoms with Crippen molar-refractivity contribution in [2.45, 2.75) is 45.1 Å². The Labute approximate surface area is 111 Å². The summed E-state index contributed by atoms with van der Waals surface area (Å²) in [5, 5.41) is 0. The fourth-order valence-corrected chi connectivity index (χ4v) is 3.12. The number of para-hydroxylation sites is 1. The maximum atomic E-state index is 6.40. The Morgan fingerprint density at radius 1 is 1.22 bits per heavy atom. The summed E-state index contributed by atoms with van der Waals surface area (Å²) in [5.74, 6) is 0.727. The fraction of sp³-hybridized carbons (Fsp3) is 0.625. The Hall–Kier alpha value is -1.02. The minimum absolute atomic E-state index is 0.315. The van der Waals surface area contributed by atoms with Gasteiger partial charge in [-0.15, -0.1) is 0 Å². The van der Waals surface area contributed by atoms with Crippen molar-refractivity contribution in [3.8, 4) is 0 Å². The minimum Gasteiger partial charge on any atom is -0.373 e. The molecule has 0 bridgehead atoms. The first-order valence-corrected chi connectivity index (χ1v) is 7.21. The van der Waals surface area contributed by atoms with Crippen molar-refractivity contribution in [3.63, 3.8) is 0 Å². The average molecular weight is 246 g/mol. The van der Waals surface area contributed by atoms with Gasteiger partial charge in [-0.1, -0.05) is 37.5 Å². The zero-order valence-corrected chi connectivity index (χ0v) is 11.7. The molecule has 0 spiro atoms. The fourth-order valence-electron chi connectivity index (χ4n) is 3.12. The van der Waals surface area contributed by atoms with Crippen molar-refractivity contribution >= 4 is 5.69 Å². The van der Waals surface area contributed by atoms with Crippen LogP contribution in [0.5, 0.6) is 0 Å². The Bertz CT molecular complexity index is 369. The summed E-state index contributed by atoms with van der Waals surface area (Å²) in [7, 11) is 2.16. The highest BCUT2D eigenvalue weighted by Gasteiger charge is 2.21. The number of nitrogens with two attached hydrogens (primary N) is 1. The minimum atomic E-state index is 0.315. The van der Waals surface area contributed by atoms with E-state index in [0.717, 1.165) is 12.5 Å². The lowest BCUT2D eigenvalue weighted by Crippen LogP contribution is -2.41. The Kier molecular flexibility index (Phi) is 4.65. The maximum Gasteiger partial charge on any atom is 0.0393 e. The van der Waals surface area contributed by atoms with Gasteiger partial charge in [0, 0.05) is 25.3 Å². The van der Waals surface area contributed by atoms with Gasteiger partial charge in [-0.05, 0) is 37.3 Å². The molecule has 1 aromatic rings. The van der Waals surface area contributed by atoms with Gasteiger partial charge in [0.25, 0.3) is 0 Å². The van der Waals surface area contributed by atoms with Crippen LogP contribution in [0.2, 0.25) is 0 Å². The van der Waals surface area contributed by atoms with E-state index >= 15 is 0 Å². The van der Waals surface area contributed by atoms with Crippen LogP contribution in [0.25, 0.3) is 0 Å². The first-order valence-electron chi connectivity index (χ1n) is 7.21. The summed E-state index contributed by atoms with van der Waals surface area (Å²) in [6.45, 7) is 3.13. The third-order valence-electron chi connectivity index (χ3n) is 4.27. The molecule has 100 valence electrons. The topological polar surface area (TPSA) is 29.3 Å². The second-order valence-electron chi connectivity index (χ2n) is 5.73. The highest BCUT2D eigenvalue weighted by atomic mass is 15.1. The van der Waals surface area contributed by atoms with Crippen LogP contribution in [0.3, 0.4) is 0 Å². The highest BCUT2D eigenvalue weighted by molar-refractivity contribution is 5.52. The summed E-state index contributed by atoms with van der Waals surface area (Å²) < 4.78 is 0. The SMILES string of the molecule is Cc1ccccc1N(C)CC(N)C1CCCCC1. The number of aryl methyl sites for hydroxylation is 1. The molecule has 2 nitrogen and oxygen atoms in total. The van der Waals surface area contributed by atoms with Gasteiger partial charge in [-0.3, -0.25) is 0 Å². The van der Waals surface area contributed by atoms with E-state index in [-0.39, 0.29) is 0 Å². The molecule has 1 aliphatic carbocycles. The molecular formula is C16H26N2.